The number of fused-ring (bicyclic) bond motifs is 1. The number of nitrogens with zero attached hydrogens (tertiary/aromatic N) is 4. The first-order chi connectivity index (χ1) is 14.1. The van der Waals surface area contributed by atoms with Crippen LogP contribution in [0.4, 0.5) is 19.1 Å². The fraction of sp³-hybridized carbons (Fsp3) is 0.368. The molecular formula is C19H20F3N5O2S. The van der Waals surface area contributed by atoms with Crippen LogP contribution in [-0.2, 0) is 16.4 Å². The molecule has 1 aliphatic heterocycles. The van der Waals surface area contributed by atoms with Gasteiger partial charge in [0.15, 0.2) is 21.5 Å². The number of rotatable bonds is 4. The zero-order valence-electron chi connectivity index (χ0n) is 16.1. The van der Waals surface area contributed by atoms with Crippen LogP contribution in [0.3, 0.4) is 0 Å². The first kappa shape index (κ1) is 20.6. The van der Waals surface area contributed by atoms with E-state index in [1.807, 2.05) is 0 Å². The number of hydrogen-bond donors (Lipinski definition) is 1. The number of hydrogen-bond acceptors (Lipinski definition) is 6. The molecule has 0 amide bonds. The summed E-state index contributed by atoms with van der Waals surface area (Å²) in [6.45, 7) is 0.686. The van der Waals surface area contributed by atoms with E-state index in [1.165, 1.54) is 12.3 Å². The molecule has 1 aliphatic rings. The van der Waals surface area contributed by atoms with Crippen LogP contribution in [0, 0.1) is 11.6 Å². The summed E-state index contributed by atoms with van der Waals surface area (Å²) >= 11 is 0. The van der Waals surface area contributed by atoms with Crippen LogP contribution in [0.15, 0.2) is 35.4 Å². The Bertz CT molecular complexity index is 1200. The van der Waals surface area contributed by atoms with Crippen molar-refractivity contribution in [1.29, 1.82) is 0 Å². The van der Waals surface area contributed by atoms with Crippen molar-refractivity contribution in [2.75, 3.05) is 24.2 Å². The molecule has 1 fully saturated rings. The second-order valence-electron chi connectivity index (χ2n) is 7.42. The maximum absolute atomic E-state index is 13.9. The lowest BCUT2D eigenvalue weighted by Crippen LogP contribution is -2.50. The van der Waals surface area contributed by atoms with E-state index in [-0.39, 0.29) is 29.9 Å². The Labute approximate surface area is 171 Å². The van der Waals surface area contributed by atoms with Crippen LogP contribution >= 0.6 is 0 Å². The molecule has 2 N–H and O–H groups in total. The van der Waals surface area contributed by atoms with Gasteiger partial charge in [-0.3, -0.25) is 4.98 Å². The number of nitrogens with two attached hydrogens (primary N) is 1. The van der Waals surface area contributed by atoms with Gasteiger partial charge in [0, 0.05) is 37.7 Å². The molecule has 1 unspecified atom stereocenters. The van der Waals surface area contributed by atoms with Gasteiger partial charge in [0.25, 0.3) is 0 Å². The van der Waals surface area contributed by atoms with Crippen LogP contribution < -0.4 is 10.6 Å². The zero-order valence-corrected chi connectivity index (χ0v) is 16.9. The van der Waals surface area contributed by atoms with Gasteiger partial charge in [0.05, 0.1) is 34.2 Å². The highest BCUT2D eigenvalue weighted by atomic mass is 32.2. The van der Waals surface area contributed by atoms with Crippen LogP contribution in [0.2, 0.25) is 0 Å². The molecular weight excluding hydrogens is 419 g/mol. The predicted octanol–water partition coefficient (Wildman–Crippen LogP) is 2.04. The van der Waals surface area contributed by atoms with Crippen LogP contribution in [0.25, 0.3) is 11.0 Å². The molecule has 2 atom stereocenters. The highest BCUT2D eigenvalue weighted by Crippen LogP contribution is 2.28. The van der Waals surface area contributed by atoms with Gasteiger partial charge in [0.1, 0.15) is 6.17 Å². The molecule has 11 heteroatoms. The quantitative estimate of drug-likeness (QED) is 0.669. The van der Waals surface area contributed by atoms with Gasteiger partial charge in [-0.25, -0.2) is 26.6 Å². The molecule has 1 aromatic carbocycles. The Morgan fingerprint density at radius 3 is 2.60 bits per heavy atom. The number of pyridine rings is 1. The van der Waals surface area contributed by atoms with Gasteiger partial charge < -0.3 is 15.2 Å². The fourth-order valence-corrected chi connectivity index (χ4v) is 4.08. The number of halogens is 3. The maximum atomic E-state index is 13.9. The number of benzene rings is 1. The molecule has 7 nitrogen and oxygen atoms in total. The second-order valence-corrected chi connectivity index (χ2v) is 9.44. The third kappa shape index (κ3) is 3.86. The summed E-state index contributed by atoms with van der Waals surface area (Å²) < 4.78 is 66.4. The van der Waals surface area contributed by atoms with Crippen LogP contribution in [-0.4, -0.2) is 54.5 Å². The Balaban J connectivity index is 1.77. The van der Waals surface area contributed by atoms with Gasteiger partial charge in [-0.15, -0.1) is 0 Å². The van der Waals surface area contributed by atoms with E-state index in [9.17, 15) is 21.6 Å². The van der Waals surface area contributed by atoms with E-state index in [2.05, 4.69) is 9.97 Å². The molecule has 3 heterocycles. The number of alkyl halides is 1. The summed E-state index contributed by atoms with van der Waals surface area (Å²) in [5.74, 6) is -1.64. The lowest BCUT2D eigenvalue weighted by Gasteiger charge is -2.34. The molecule has 160 valence electrons. The van der Waals surface area contributed by atoms with E-state index < -0.39 is 33.7 Å². The molecule has 2 aromatic heterocycles. The smallest absolute Gasteiger partial charge is 0.206 e. The minimum atomic E-state index is -3.39. The number of aromatic nitrogens is 3. The lowest BCUT2D eigenvalue weighted by atomic mass is 10.1. The predicted molar refractivity (Wildman–Crippen MR) is 106 cm³/mol. The normalized spacial score (nSPS) is 20.1. The molecule has 3 aromatic rings. The van der Waals surface area contributed by atoms with Gasteiger partial charge in [-0.2, -0.15) is 0 Å². The largest absolute Gasteiger partial charge is 0.340 e. The molecule has 0 spiro atoms. The Kier molecular flexibility index (Phi) is 5.18. The van der Waals surface area contributed by atoms with E-state index in [0.29, 0.717) is 23.7 Å². The highest BCUT2D eigenvalue weighted by Gasteiger charge is 2.29. The summed E-state index contributed by atoms with van der Waals surface area (Å²) in [6, 6.07) is 4.33. The number of piperidine rings is 1. The van der Waals surface area contributed by atoms with Crippen molar-refractivity contribution >= 4 is 26.8 Å². The first-order valence-electron chi connectivity index (χ1n) is 9.28. The molecule has 0 radical (unpaired) electrons. The van der Waals surface area contributed by atoms with E-state index in [4.69, 9.17) is 5.73 Å². The van der Waals surface area contributed by atoms with E-state index in [0.717, 1.165) is 18.4 Å². The molecule has 30 heavy (non-hydrogen) atoms. The van der Waals surface area contributed by atoms with Crippen molar-refractivity contribution in [3.63, 3.8) is 0 Å². The standard InChI is InChI=1S/C19H20F3N5O2S/c1-30(28,29)12-3-2-11(24-8-12)9-27-18-7-15(22)14(21)6-17(18)25-19(27)26-5-4-13(20)16(23)10-26/h2-3,6-8,13,16H,4-5,9-10,23H2,1H3/t13?,16-/m1/s1. The maximum Gasteiger partial charge on any atom is 0.206 e. The van der Waals surface area contributed by atoms with Crippen LogP contribution in [0.1, 0.15) is 12.1 Å². The lowest BCUT2D eigenvalue weighted by molar-refractivity contribution is 0.243. The molecule has 1 saturated heterocycles. The summed E-state index contributed by atoms with van der Waals surface area (Å²) in [6.07, 6.45) is 1.42. The molecule has 0 bridgehead atoms. The van der Waals surface area contributed by atoms with Gasteiger partial charge in [0.2, 0.25) is 5.95 Å². The summed E-state index contributed by atoms with van der Waals surface area (Å²) in [5.41, 5.74) is 6.95. The average Bonchev–Trinajstić information content (AvgIpc) is 3.01. The van der Waals surface area contributed by atoms with Gasteiger partial charge >= 0.3 is 0 Å². The highest BCUT2D eigenvalue weighted by molar-refractivity contribution is 7.90. The third-order valence-electron chi connectivity index (χ3n) is 5.17. The van der Waals surface area contributed by atoms with E-state index in [1.54, 1.807) is 15.5 Å². The Morgan fingerprint density at radius 2 is 1.97 bits per heavy atom. The SMILES string of the molecule is CS(=O)(=O)c1ccc(Cn2c(N3CCC(F)[C@H](N)C3)nc3cc(F)c(F)cc32)nc1. The minimum Gasteiger partial charge on any atom is -0.340 e. The molecule has 0 saturated carbocycles. The van der Waals surface area contributed by atoms with Gasteiger partial charge in [-0.05, 0) is 18.6 Å². The van der Waals surface area contributed by atoms with Crippen LogP contribution in [0.5, 0.6) is 0 Å². The Morgan fingerprint density at radius 1 is 1.23 bits per heavy atom. The summed E-state index contributed by atoms with van der Waals surface area (Å²) in [5, 5.41) is 0. The number of anilines is 1. The Hall–Kier alpha value is -2.66. The van der Waals surface area contributed by atoms with Crippen molar-refractivity contribution < 1.29 is 21.6 Å². The minimum absolute atomic E-state index is 0.0751. The van der Waals surface area contributed by atoms with Gasteiger partial charge in [-0.1, -0.05) is 0 Å². The number of sulfone groups is 1. The van der Waals surface area contributed by atoms with Crippen molar-refractivity contribution in [1.82, 2.24) is 14.5 Å². The number of imidazole rings is 1. The average molecular weight is 439 g/mol. The fourth-order valence-electron chi connectivity index (χ4n) is 3.53. The molecule has 4 rings (SSSR count). The van der Waals surface area contributed by atoms with Crippen molar-refractivity contribution in [2.24, 2.45) is 5.73 Å². The van der Waals surface area contributed by atoms with Crippen molar-refractivity contribution in [2.45, 2.75) is 30.1 Å². The molecule has 0 aliphatic carbocycles. The monoisotopic (exact) mass is 439 g/mol. The van der Waals surface area contributed by atoms with E-state index >= 15 is 0 Å². The summed E-state index contributed by atoms with van der Waals surface area (Å²) in [4.78, 5) is 10.5. The van der Waals surface area contributed by atoms with Crippen molar-refractivity contribution in [3.05, 3.63) is 47.8 Å². The second kappa shape index (κ2) is 7.55. The summed E-state index contributed by atoms with van der Waals surface area (Å²) in [7, 11) is -3.39. The topological polar surface area (TPSA) is 94.1 Å². The third-order valence-corrected chi connectivity index (χ3v) is 6.27. The first-order valence-corrected chi connectivity index (χ1v) is 11.2. The van der Waals surface area contributed by atoms with Crippen molar-refractivity contribution in [3.8, 4) is 0 Å². The zero-order chi connectivity index (χ0) is 21.6.